The molecular weight excluding hydrogens is 358 g/mol. The molecule has 3 heterocycles. The standard InChI is InChI=1S/C19H15N7O2/c1-25-18(14-3-2-4-16-17(14)24-28-23-16)15(9-21-25)11-5-6-13-12(7-11)8-22-26(10-20)19(13)27/h2-9H,10,20H2,1H3. The van der Waals surface area contributed by atoms with Gasteiger partial charge in [-0.3, -0.25) is 9.48 Å². The van der Waals surface area contributed by atoms with Gasteiger partial charge in [-0.25, -0.2) is 9.31 Å². The quantitative estimate of drug-likeness (QED) is 0.513. The summed E-state index contributed by atoms with van der Waals surface area (Å²) in [5.41, 5.74) is 10.3. The van der Waals surface area contributed by atoms with E-state index in [0.717, 1.165) is 27.8 Å². The average molecular weight is 373 g/mol. The van der Waals surface area contributed by atoms with Crippen LogP contribution < -0.4 is 11.3 Å². The zero-order chi connectivity index (χ0) is 19.3. The molecule has 0 radical (unpaired) electrons. The van der Waals surface area contributed by atoms with Crippen molar-refractivity contribution in [2.75, 3.05) is 0 Å². The lowest BCUT2D eigenvalue weighted by molar-refractivity contribution is 0.315. The van der Waals surface area contributed by atoms with E-state index in [4.69, 9.17) is 10.4 Å². The number of nitrogens with two attached hydrogens (primary N) is 1. The molecule has 0 aliphatic heterocycles. The van der Waals surface area contributed by atoms with Crippen molar-refractivity contribution in [3.63, 3.8) is 0 Å². The topological polar surface area (TPSA) is 118 Å². The van der Waals surface area contributed by atoms with Crippen molar-refractivity contribution < 1.29 is 4.63 Å². The Morgan fingerprint density at radius 1 is 1.07 bits per heavy atom. The van der Waals surface area contributed by atoms with Crippen LogP contribution in [0.2, 0.25) is 0 Å². The summed E-state index contributed by atoms with van der Waals surface area (Å²) in [4.78, 5) is 12.4. The average Bonchev–Trinajstić information content (AvgIpc) is 3.34. The highest BCUT2D eigenvalue weighted by atomic mass is 16.6. The fourth-order valence-electron chi connectivity index (χ4n) is 3.45. The van der Waals surface area contributed by atoms with Gasteiger partial charge in [0.05, 0.1) is 30.1 Å². The van der Waals surface area contributed by atoms with Gasteiger partial charge < -0.3 is 5.73 Å². The van der Waals surface area contributed by atoms with Crippen molar-refractivity contribution in [1.82, 2.24) is 29.9 Å². The summed E-state index contributed by atoms with van der Waals surface area (Å²) in [5.74, 6) is 0. The smallest absolute Gasteiger partial charge is 0.275 e. The third-order valence-corrected chi connectivity index (χ3v) is 4.82. The molecule has 0 bridgehead atoms. The maximum absolute atomic E-state index is 12.4. The second-order valence-electron chi connectivity index (χ2n) is 6.40. The van der Waals surface area contributed by atoms with Crippen LogP contribution in [0.5, 0.6) is 0 Å². The monoisotopic (exact) mass is 373 g/mol. The zero-order valence-corrected chi connectivity index (χ0v) is 14.9. The molecule has 0 aliphatic carbocycles. The Bertz CT molecular complexity index is 1400. The van der Waals surface area contributed by atoms with Crippen LogP contribution in [0.4, 0.5) is 0 Å². The second-order valence-corrected chi connectivity index (χ2v) is 6.40. The van der Waals surface area contributed by atoms with E-state index in [-0.39, 0.29) is 12.2 Å². The summed E-state index contributed by atoms with van der Waals surface area (Å²) in [7, 11) is 1.87. The van der Waals surface area contributed by atoms with Gasteiger partial charge in [0, 0.05) is 23.6 Å². The predicted octanol–water partition coefficient (Wildman–Crippen LogP) is 1.92. The number of hydrogen-bond donors (Lipinski definition) is 1. The van der Waals surface area contributed by atoms with Crippen LogP contribution in [0.3, 0.4) is 0 Å². The highest BCUT2D eigenvalue weighted by Crippen LogP contribution is 2.35. The molecule has 0 saturated carbocycles. The first-order valence-corrected chi connectivity index (χ1v) is 8.61. The fraction of sp³-hybridized carbons (Fsp3) is 0.105. The minimum absolute atomic E-state index is 0.0407. The SMILES string of the molecule is Cn1ncc(-c2ccc3c(=O)n(CN)ncc3c2)c1-c1cccc2nonc12. The molecule has 2 aromatic carbocycles. The Morgan fingerprint density at radius 3 is 2.82 bits per heavy atom. The van der Waals surface area contributed by atoms with E-state index in [1.807, 2.05) is 37.4 Å². The van der Waals surface area contributed by atoms with Gasteiger partial charge in [-0.1, -0.05) is 18.2 Å². The normalized spacial score (nSPS) is 11.5. The molecule has 2 N–H and O–H groups in total. The first-order valence-electron chi connectivity index (χ1n) is 8.61. The molecule has 138 valence electrons. The molecule has 0 atom stereocenters. The van der Waals surface area contributed by atoms with E-state index < -0.39 is 0 Å². The van der Waals surface area contributed by atoms with Crippen LogP contribution in [0, 0.1) is 0 Å². The molecule has 5 aromatic rings. The minimum Gasteiger partial charge on any atom is -0.312 e. The molecule has 0 spiro atoms. The van der Waals surface area contributed by atoms with Gasteiger partial charge in [-0.05, 0) is 34.1 Å². The molecule has 9 nitrogen and oxygen atoms in total. The first kappa shape index (κ1) is 16.3. The van der Waals surface area contributed by atoms with E-state index in [2.05, 4.69) is 20.5 Å². The maximum Gasteiger partial charge on any atom is 0.275 e. The van der Waals surface area contributed by atoms with Gasteiger partial charge in [0.15, 0.2) is 0 Å². The molecule has 9 heteroatoms. The number of aromatic nitrogens is 6. The number of nitrogens with zero attached hydrogens (tertiary/aromatic N) is 6. The number of hydrogen-bond acceptors (Lipinski definition) is 7. The van der Waals surface area contributed by atoms with Crippen molar-refractivity contribution in [3.05, 3.63) is 59.1 Å². The Hall–Kier alpha value is -3.85. The summed E-state index contributed by atoms with van der Waals surface area (Å²) >= 11 is 0. The number of fused-ring (bicyclic) bond motifs is 2. The molecule has 0 aliphatic rings. The molecule has 0 unspecified atom stereocenters. The summed E-state index contributed by atoms with van der Waals surface area (Å²) in [6, 6.07) is 11.3. The lowest BCUT2D eigenvalue weighted by Crippen LogP contribution is -2.26. The predicted molar refractivity (Wildman–Crippen MR) is 103 cm³/mol. The van der Waals surface area contributed by atoms with Gasteiger partial charge in [-0.2, -0.15) is 10.2 Å². The van der Waals surface area contributed by atoms with Gasteiger partial charge in [-0.15, -0.1) is 0 Å². The van der Waals surface area contributed by atoms with Crippen LogP contribution in [-0.4, -0.2) is 29.9 Å². The Morgan fingerprint density at radius 2 is 1.96 bits per heavy atom. The zero-order valence-electron chi connectivity index (χ0n) is 14.9. The highest BCUT2D eigenvalue weighted by Gasteiger charge is 2.18. The summed E-state index contributed by atoms with van der Waals surface area (Å²) < 4.78 is 7.91. The number of rotatable bonds is 3. The van der Waals surface area contributed by atoms with Crippen LogP contribution >= 0.6 is 0 Å². The molecule has 0 saturated heterocycles. The van der Waals surface area contributed by atoms with E-state index >= 15 is 0 Å². The summed E-state index contributed by atoms with van der Waals surface area (Å²) in [6.07, 6.45) is 3.43. The molecular formula is C19H15N7O2. The second kappa shape index (κ2) is 6.10. The highest BCUT2D eigenvalue weighted by molar-refractivity contribution is 5.96. The van der Waals surface area contributed by atoms with Gasteiger partial charge in [0.2, 0.25) is 0 Å². The van der Waals surface area contributed by atoms with Crippen LogP contribution in [-0.2, 0) is 13.7 Å². The number of aryl methyl sites for hydroxylation is 1. The van der Waals surface area contributed by atoms with Crippen molar-refractivity contribution in [2.45, 2.75) is 6.67 Å². The van der Waals surface area contributed by atoms with E-state index in [1.165, 1.54) is 4.68 Å². The lowest BCUT2D eigenvalue weighted by Gasteiger charge is -2.08. The molecule has 3 aromatic heterocycles. The molecule has 0 amide bonds. The van der Waals surface area contributed by atoms with Crippen LogP contribution in [0.1, 0.15) is 0 Å². The molecule has 0 fully saturated rings. The Balaban J connectivity index is 1.73. The molecule has 28 heavy (non-hydrogen) atoms. The van der Waals surface area contributed by atoms with Crippen molar-refractivity contribution >= 4 is 21.8 Å². The lowest BCUT2D eigenvalue weighted by atomic mass is 9.99. The van der Waals surface area contributed by atoms with Crippen molar-refractivity contribution in [1.29, 1.82) is 0 Å². The third kappa shape index (κ3) is 2.33. The Labute approximate surface area is 158 Å². The van der Waals surface area contributed by atoms with Gasteiger partial charge >= 0.3 is 0 Å². The van der Waals surface area contributed by atoms with Crippen LogP contribution in [0.15, 0.2) is 58.2 Å². The van der Waals surface area contributed by atoms with Gasteiger partial charge in [0.1, 0.15) is 11.0 Å². The van der Waals surface area contributed by atoms with Crippen molar-refractivity contribution in [3.8, 4) is 22.4 Å². The third-order valence-electron chi connectivity index (χ3n) is 4.82. The maximum atomic E-state index is 12.4. The van der Waals surface area contributed by atoms with E-state index in [9.17, 15) is 4.79 Å². The van der Waals surface area contributed by atoms with Crippen molar-refractivity contribution in [2.24, 2.45) is 12.8 Å². The first-order chi connectivity index (χ1) is 13.7. The van der Waals surface area contributed by atoms with Crippen LogP contribution in [0.25, 0.3) is 44.2 Å². The van der Waals surface area contributed by atoms with E-state index in [1.54, 1.807) is 23.1 Å². The molecule has 5 rings (SSSR count). The largest absolute Gasteiger partial charge is 0.312 e. The van der Waals surface area contributed by atoms with E-state index in [0.29, 0.717) is 16.4 Å². The fourth-order valence-corrected chi connectivity index (χ4v) is 3.45. The minimum atomic E-state index is -0.212. The summed E-state index contributed by atoms with van der Waals surface area (Å²) in [5, 5.41) is 17.8. The van der Waals surface area contributed by atoms with Gasteiger partial charge in [0.25, 0.3) is 5.56 Å². The Kier molecular flexibility index (Phi) is 3.56. The summed E-state index contributed by atoms with van der Waals surface area (Å²) in [6.45, 7) is 0.0407. The number of benzene rings is 2.